The summed E-state index contributed by atoms with van der Waals surface area (Å²) >= 11 is 0. The average Bonchev–Trinajstić information content (AvgIpc) is 3.24. The summed E-state index contributed by atoms with van der Waals surface area (Å²) in [6, 6.07) is 6.05. The average molecular weight is 466 g/mol. The molecule has 0 aliphatic carbocycles. The Morgan fingerprint density at radius 1 is 1.06 bits per heavy atom. The summed E-state index contributed by atoms with van der Waals surface area (Å²) in [5.41, 5.74) is -1.20. The summed E-state index contributed by atoms with van der Waals surface area (Å²) in [6.45, 7) is 2.19. The molecule has 2 aromatic heterocycles. The molecule has 3 heterocycles. The molecule has 0 unspecified atom stereocenters. The van der Waals surface area contributed by atoms with E-state index in [-0.39, 0.29) is 12.2 Å². The molecular formula is C22H26O11. The van der Waals surface area contributed by atoms with Crippen LogP contribution in [0.5, 0.6) is 5.75 Å². The molecule has 180 valence electrons. The van der Waals surface area contributed by atoms with Crippen LogP contribution in [-0.2, 0) is 9.47 Å². The van der Waals surface area contributed by atoms with E-state index < -0.39 is 54.6 Å². The third kappa shape index (κ3) is 4.49. The molecule has 1 aliphatic rings. The Balaban J connectivity index is 1.52. The first kappa shape index (κ1) is 23.6. The number of ether oxygens (including phenoxy) is 3. The highest BCUT2D eigenvalue weighted by molar-refractivity contribution is 6.01. The summed E-state index contributed by atoms with van der Waals surface area (Å²) in [7, 11) is 0. The minimum absolute atomic E-state index is 0.256. The Kier molecular flexibility index (Phi) is 6.47. The topological polar surface area (TPSA) is 172 Å². The maximum Gasteiger partial charge on any atom is 0.336 e. The molecule has 1 fully saturated rings. The number of aliphatic hydroxyl groups excluding tert-OH is 5. The van der Waals surface area contributed by atoms with Gasteiger partial charge in [0.1, 0.15) is 54.0 Å². The van der Waals surface area contributed by atoms with Gasteiger partial charge in [0.25, 0.3) is 0 Å². The number of benzene rings is 1. The molecule has 0 saturated carbocycles. The highest BCUT2D eigenvalue weighted by Crippen LogP contribution is 2.35. The summed E-state index contributed by atoms with van der Waals surface area (Å²) in [5, 5.41) is 51.3. The minimum Gasteiger partial charge on any atom is -0.489 e. The third-order valence-corrected chi connectivity index (χ3v) is 5.77. The summed E-state index contributed by atoms with van der Waals surface area (Å²) in [5.74, 6) is 0.336. The van der Waals surface area contributed by atoms with Crippen LogP contribution in [0.4, 0.5) is 0 Å². The Labute approximate surface area is 187 Å². The second-order valence-electron chi connectivity index (χ2n) is 8.45. The van der Waals surface area contributed by atoms with Gasteiger partial charge in [-0.1, -0.05) is 0 Å². The van der Waals surface area contributed by atoms with Gasteiger partial charge < -0.3 is 48.6 Å². The van der Waals surface area contributed by atoms with E-state index in [1.807, 2.05) is 0 Å². The first-order valence-corrected chi connectivity index (χ1v) is 10.4. The lowest BCUT2D eigenvalue weighted by Gasteiger charge is -2.43. The van der Waals surface area contributed by atoms with Crippen molar-refractivity contribution in [1.82, 2.24) is 0 Å². The van der Waals surface area contributed by atoms with Crippen LogP contribution < -0.4 is 10.4 Å². The van der Waals surface area contributed by atoms with Gasteiger partial charge in [0.15, 0.2) is 6.29 Å². The Morgan fingerprint density at radius 3 is 2.52 bits per heavy atom. The van der Waals surface area contributed by atoms with Gasteiger partial charge in [-0.25, -0.2) is 4.79 Å². The Hall–Kier alpha value is -2.51. The predicted octanol–water partition coefficient (Wildman–Crippen LogP) is -0.126. The van der Waals surface area contributed by atoms with Gasteiger partial charge in [-0.3, -0.25) is 0 Å². The fraction of sp³-hybridized carbons (Fsp3) is 0.500. The van der Waals surface area contributed by atoms with Gasteiger partial charge in [0.2, 0.25) is 0 Å². The second kappa shape index (κ2) is 9.03. The number of hydrogen-bond donors (Lipinski definition) is 5. The molecule has 1 aliphatic heterocycles. The predicted molar refractivity (Wildman–Crippen MR) is 113 cm³/mol. The van der Waals surface area contributed by atoms with Crippen LogP contribution >= 0.6 is 0 Å². The van der Waals surface area contributed by atoms with Crippen molar-refractivity contribution in [3.05, 3.63) is 40.9 Å². The van der Waals surface area contributed by atoms with Crippen LogP contribution in [0.2, 0.25) is 0 Å². The molecule has 3 aromatic rings. The van der Waals surface area contributed by atoms with Gasteiger partial charge in [0, 0.05) is 12.1 Å². The lowest BCUT2D eigenvalue weighted by atomic mass is 9.98. The highest BCUT2D eigenvalue weighted by Gasteiger charge is 2.47. The first-order valence-electron chi connectivity index (χ1n) is 10.4. The van der Waals surface area contributed by atoms with Crippen molar-refractivity contribution in [2.24, 2.45) is 0 Å². The van der Waals surface area contributed by atoms with Crippen molar-refractivity contribution in [3.63, 3.8) is 0 Å². The molecule has 5 N–H and O–H groups in total. The lowest BCUT2D eigenvalue weighted by molar-refractivity contribution is -0.332. The zero-order valence-corrected chi connectivity index (χ0v) is 18.0. The molecule has 11 heteroatoms. The van der Waals surface area contributed by atoms with Gasteiger partial charge in [-0.05, 0) is 26.0 Å². The quantitative estimate of drug-likeness (QED) is 0.294. The van der Waals surface area contributed by atoms with E-state index in [1.54, 1.807) is 18.2 Å². The van der Waals surface area contributed by atoms with Crippen molar-refractivity contribution in [2.75, 3.05) is 13.2 Å². The van der Waals surface area contributed by atoms with Crippen molar-refractivity contribution in [1.29, 1.82) is 0 Å². The molecule has 0 spiro atoms. The molecule has 0 radical (unpaired) electrons. The molecule has 11 nitrogen and oxygen atoms in total. The standard InChI is InChI=1S/C22H26O11/c1-22(2,33-21-19(28)18(27)17(26)14(8-23)32-21)15(24)9-30-20-10-3-4-16(25)31-13(10)7-12-11(20)5-6-29-12/h3-7,14-15,17-19,21,23-24,26-28H,8-9H2,1-2H3/t14-,15-,17-,18+,19-,21+/m1/s1. The van der Waals surface area contributed by atoms with Crippen molar-refractivity contribution < 1.29 is 48.6 Å². The molecule has 0 amide bonds. The van der Waals surface area contributed by atoms with Crippen LogP contribution in [0, 0.1) is 0 Å². The van der Waals surface area contributed by atoms with Crippen LogP contribution in [0.25, 0.3) is 21.9 Å². The van der Waals surface area contributed by atoms with Gasteiger partial charge in [-0.15, -0.1) is 0 Å². The van der Waals surface area contributed by atoms with Crippen LogP contribution in [0.1, 0.15) is 13.8 Å². The number of hydrogen-bond acceptors (Lipinski definition) is 11. The summed E-state index contributed by atoms with van der Waals surface area (Å²) in [6.07, 6.45) is -7.10. The fourth-order valence-electron chi connectivity index (χ4n) is 3.67. The normalized spacial score (nSPS) is 27.2. The second-order valence-corrected chi connectivity index (χ2v) is 8.45. The van der Waals surface area contributed by atoms with E-state index in [4.69, 9.17) is 23.0 Å². The molecule has 0 bridgehead atoms. The van der Waals surface area contributed by atoms with E-state index in [9.17, 15) is 30.3 Å². The van der Waals surface area contributed by atoms with E-state index in [0.717, 1.165) is 0 Å². The number of rotatable bonds is 7. The number of fused-ring (bicyclic) bond motifs is 2. The molecule has 6 atom stereocenters. The van der Waals surface area contributed by atoms with E-state index in [1.165, 1.54) is 26.2 Å². The lowest BCUT2D eigenvalue weighted by Crippen LogP contribution is -2.61. The van der Waals surface area contributed by atoms with Crippen LogP contribution in [-0.4, -0.2) is 81.2 Å². The highest BCUT2D eigenvalue weighted by atomic mass is 16.7. The molecular weight excluding hydrogens is 440 g/mol. The fourth-order valence-corrected chi connectivity index (χ4v) is 3.67. The van der Waals surface area contributed by atoms with Crippen LogP contribution in [0.15, 0.2) is 44.2 Å². The van der Waals surface area contributed by atoms with Crippen molar-refractivity contribution >= 4 is 21.9 Å². The molecule has 1 aromatic carbocycles. The Morgan fingerprint density at radius 2 is 1.79 bits per heavy atom. The van der Waals surface area contributed by atoms with Crippen LogP contribution in [0.3, 0.4) is 0 Å². The first-order chi connectivity index (χ1) is 15.6. The van der Waals surface area contributed by atoms with Gasteiger partial charge in [0.05, 0.1) is 29.2 Å². The minimum atomic E-state index is -1.61. The van der Waals surface area contributed by atoms with Crippen molar-refractivity contribution in [3.8, 4) is 5.75 Å². The molecule has 33 heavy (non-hydrogen) atoms. The SMILES string of the molecule is CC(C)(O[C@@H]1O[C@H](CO)[C@@H](O)[C@H](O)[C@H]1O)[C@H](O)COc1c2ccoc2cc2oc(=O)ccc12. The zero-order valence-electron chi connectivity index (χ0n) is 18.0. The largest absolute Gasteiger partial charge is 0.489 e. The smallest absolute Gasteiger partial charge is 0.336 e. The Bertz CT molecular complexity index is 1160. The zero-order chi connectivity index (χ0) is 23.9. The summed E-state index contributed by atoms with van der Waals surface area (Å²) < 4.78 is 27.6. The van der Waals surface area contributed by atoms with Gasteiger partial charge >= 0.3 is 5.63 Å². The monoisotopic (exact) mass is 466 g/mol. The molecule has 1 saturated heterocycles. The summed E-state index contributed by atoms with van der Waals surface area (Å²) in [4.78, 5) is 11.6. The molecule has 4 rings (SSSR count). The number of aliphatic hydroxyl groups is 5. The van der Waals surface area contributed by atoms with E-state index in [0.29, 0.717) is 22.1 Å². The van der Waals surface area contributed by atoms with E-state index in [2.05, 4.69) is 0 Å². The van der Waals surface area contributed by atoms with E-state index >= 15 is 0 Å². The van der Waals surface area contributed by atoms with Crippen molar-refractivity contribution in [2.45, 2.75) is 56.3 Å². The third-order valence-electron chi connectivity index (χ3n) is 5.77. The van der Waals surface area contributed by atoms with Gasteiger partial charge in [-0.2, -0.15) is 0 Å². The number of furan rings is 1. The maximum absolute atomic E-state index is 11.6. The maximum atomic E-state index is 11.6.